The van der Waals surface area contributed by atoms with Crippen LogP contribution >= 0.6 is 0 Å². The number of aliphatic carboxylic acids is 2. The van der Waals surface area contributed by atoms with Gasteiger partial charge in [-0.15, -0.1) is 0 Å². The number of para-hydroxylation sites is 1. The van der Waals surface area contributed by atoms with Crippen LogP contribution in [0.15, 0.2) is 30.5 Å². The fraction of sp³-hybridized carbons (Fsp3) is 0.400. The molecule has 0 bridgehead atoms. The van der Waals surface area contributed by atoms with Gasteiger partial charge in [0.2, 0.25) is 11.8 Å². The summed E-state index contributed by atoms with van der Waals surface area (Å²) in [6.45, 7) is 0.198. The van der Waals surface area contributed by atoms with E-state index in [1.54, 1.807) is 6.20 Å². The van der Waals surface area contributed by atoms with E-state index < -0.39 is 48.3 Å². The number of carboxylic acid groups (broad SMARTS) is 2. The molecule has 1 aromatic carbocycles. The summed E-state index contributed by atoms with van der Waals surface area (Å²) in [4.78, 5) is 52.2. The van der Waals surface area contributed by atoms with Crippen molar-refractivity contribution in [3.63, 3.8) is 0 Å². The van der Waals surface area contributed by atoms with Gasteiger partial charge in [-0.05, 0) is 30.9 Å². The zero-order valence-corrected chi connectivity index (χ0v) is 16.2. The minimum absolute atomic E-state index is 0.186. The molecule has 0 radical (unpaired) electrons. The first-order chi connectivity index (χ1) is 14.3. The van der Waals surface area contributed by atoms with Crippen molar-refractivity contribution in [3.05, 3.63) is 36.0 Å². The van der Waals surface area contributed by atoms with Gasteiger partial charge in [-0.25, -0.2) is 4.79 Å². The molecule has 3 rings (SSSR count). The number of likely N-dealkylation sites (tertiary alicyclic amines) is 1. The van der Waals surface area contributed by atoms with Gasteiger partial charge in [-0.1, -0.05) is 18.2 Å². The average molecular weight is 416 g/mol. The van der Waals surface area contributed by atoms with Gasteiger partial charge in [0.1, 0.15) is 12.1 Å². The van der Waals surface area contributed by atoms with Gasteiger partial charge < -0.3 is 31.1 Å². The Balaban J connectivity index is 1.70. The van der Waals surface area contributed by atoms with Gasteiger partial charge in [0.05, 0.1) is 12.5 Å². The lowest BCUT2D eigenvalue weighted by molar-refractivity contribution is -0.150. The number of aromatic nitrogens is 1. The second-order valence-corrected chi connectivity index (χ2v) is 7.36. The number of hydrogen-bond acceptors (Lipinski definition) is 5. The SMILES string of the molecule is N[C@@H](Cc1c[nH]c2ccccc12)C(=O)N[C@@H](CC(=O)O)C(=O)N1CCC[C@H]1C(=O)O. The highest BCUT2D eigenvalue weighted by atomic mass is 16.4. The third-order valence-electron chi connectivity index (χ3n) is 5.27. The molecule has 10 heteroatoms. The topological polar surface area (TPSA) is 166 Å². The van der Waals surface area contributed by atoms with E-state index in [-0.39, 0.29) is 19.4 Å². The number of carbonyl (C=O) groups is 4. The molecule has 160 valence electrons. The van der Waals surface area contributed by atoms with Crippen LogP contribution in [-0.4, -0.2) is 68.5 Å². The van der Waals surface area contributed by atoms with Crippen LogP contribution in [0.4, 0.5) is 0 Å². The van der Waals surface area contributed by atoms with Gasteiger partial charge in [-0.3, -0.25) is 14.4 Å². The highest BCUT2D eigenvalue weighted by Crippen LogP contribution is 2.20. The van der Waals surface area contributed by atoms with Gasteiger partial charge >= 0.3 is 11.9 Å². The van der Waals surface area contributed by atoms with Crippen molar-refractivity contribution in [1.29, 1.82) is 0 Å². The maximum absolute atomic E-state index is 12.8. The third-order valence-corrected chi connectivity index (χ3v) is 5.27. The lowest BCUT2D eigenvalue weighted by atomic mass is 10.0. The Bertz CT molecular complexity index is 971. The fourth-order valence-electron chi connectivity index (χ4n) is 3.77. The normalized spacial score (nSPS) is 18.2. The Kier molecular flexibility index (Phi) is 6.36. The Morgan fingerprint density at radius 1 is 1.23 bits per heavy atom. The van der Waals surface area contributed by atoms with Gasteiger partial charge in [0.25, 0.3) is 0 Å². The number of amides is 2. The van der Waals surface area contributed by atoms with E-state index in [2.05, 4.69) is 10.3 Å². The second kappa shape index (κ2) is 8.95. The molecule has 2 aromatic rings. The minimum Gasteiger partial charge on any atom is -0.481 e. The molecular formula is C20H24N4O6. The molecule has 1 aliphatic heterocycles. The van der Waals surface area contributed by atoms with Crippen LogP contribution in [0.5, 0.6) is 0 Å². The Hall–Kier alpha value is -3.40. The van der Waals surface area contributed by atoms with Crippen LogP contribution in [0, 0.1) is 0 Å². The van der Waals surface area contributed by atoms with Crippen molar-refractivity contribution in [2.45, 2.75) is 43.8 Å². The summed E-state index contributed by atoms with van der Waals surface area (Å²) < 4.78 is 0. The maximum Gasteiger partial charge on any atom is 0.326 e. The number of nitrogens with two attached hydrogens (primary N) is 1. The van der Waals surface area contributed by atoms with E-state index in [1.807, 2.05) is 24.3 Å². The van der Waals surface area contributed by atoms with E-state index >= 15 is 0 Å². The number of nitrogens with one attached hydrogen (secondary N) is 2. The highest BCUT2D eigenvalue weighted by molar-refractivity contribution is 5.94. The summed E-state index contributed by atoms with van der Waals surface area (Å²) >= 11 is 0. The molecule has 0 spiro atoms. The summed E-state index contributed by atoms with van der Waals surface area (Å²) in [5, 5.41) is 21.8. The molecule has 1 fully saturated rings. The highest BCUT2D eigenvalue weighted by Gasteiger charge is 2.38. The van der Waals surface area contributed by atoms with E-state index in [0.717, 1.165) is 21.4 Å². The zero-order valence-electron chi connectivity index (χ0n) is 16.2. The molecular weight excluding hydrogens is 392 g/mol. The van der Waals surface area contributed by atoms with Gasteiger partial charge in [0, 0.05) is 23.6 Å². The van der Waals surface area contributed by atoms with Crippen LogP contribution in [-0.2, 0) is 25.6 Å². The van der Waals surface area contributed by atoms with Crippen molar-refractivity contribution in [2.75, 3.05) is 6.54 Å². The summed E-state index contributed by atoms with van der Waals surface area (Å²) in [5.41, 5.74) is 7.73. The van der Waals surface area contributed by atoms with Crippen molar-refractivity contribution in [3.8, 4) is 0 Å². The number of carboxylic acids is 2. The minimum atomic E-state index is -1.39. The van der Waals surface area contributed by atoms with Crippen molar-refractivity contribution < 1.29 is 29.4 Å². The number of nitrogens with zero attached hydrogens (tertiary/aromatic N) is 1. The van der Waals surface area contributed by atoms with Crippen molar-refractivity contribution >= 4 is 34.7 Å². The van der Waals surface area contributed by atoms with Crippen LogP contribution < -0.4 is 11.1 Å². The monoisotopic (exact) mass is 416 g/mol. The molecule has 2 heterocycles. The number of H-pyrrole nitrogens is 1. The van der Waals surface area contributed by atoms with Crippen LogP contribution in [0.25, 0.3) is 10.9 Å². The van der Waals surface area contributed by atoms with Crippen molar-refractivity contribution in [2.24, 2.45) is 5.73 Å². The first-order valence-corrected chi connectivity index (χ1v) is 9.64. The maximum atomic E-state index is 12.8. The van der Waals surface area contributed by atoms with Crippen LogP contribution in [0.2, 0.25) is 0 Å². The summed E-state index contributed by atoms with van der Waals surface area (Å²) in [5.74, 6) is -3.84. The van der Waals surface area contributed by atoms with E-state index in [4.69, 9.17) is 10.8 Å². The molecule has 0 saturated carbocycles. The number of benzene rings is 1. The van der Waals surface area contributed by atoms with E-state index in [9.17, 15) is 24.3 Å². The quantitative estimate of drug-likeness (QED) is 0.406. The Morgan fingerprint density at radius 2 is 1.97 bits per heavy atom. The number of aromatic amines is 1. The van der Waals surface area contributed by atoms with Gasteiger partial charge in [-0.2, -0.15) is 0 Å². The molecule has 6 N–H and O–H groups in total. The Labute approximate surface area is 172 Å². The molecule has 3 atom stereocenters. The third kappa shape index (κ3) is 4.60. The molecule has 0 unspecified atom stereocenters. The summed E-state index contributed by atoms with van der Waals surface area (Å²) in [7, 11) is 0. The van der Waals surface area contributed by atoms with E-state index in [1.165, 1.54) is 0 Å². The molecule has 0 aliphatic carbocycles. The lowest BCUT2D eigenvalue weighted by Gasteiger charge is -2.27. The zero-order chi connectivity index (χ0) is 21.8. The standard InChI is InChI=1S/C20H24N4O6/c21-13(8-11-10-22-14-5-2-1-4-12(11)14)18(27)23-15(9-17(25)26)19(28)24-7-3-6-16(24)20(29)30/h1-2,4-5,10,13,15-16,22H,3,6-9,21H2,(H,23,27)(H,25,26)(H,29,30)/t13-,15-,16-/m0/s1. The number of rotatable bonds is 8. The first-order valence-electron chi connectivity index (χ1n) is 9.64. The van der Waals surface area contributed by atoms with E-state index in [0.29, 0.717) is 6.42 Å². The number of fused-ring (bicyclic) bond motifs is 1. The van der Waals surface area contributed by atoms with Crippen molar-refractivity contribution in [1.82, 2.24) is 15.2 Å². The lowest BCUT2D eigenvalue weighted by Crippen LogP contribution is -2.55. The number of hydrogen-bond donors (Lipinski definition) is 5. The summed E-state index contributed by atoms with van der Waals surface area (Å²) in [6.07, 6.45) is 2.06. The molecule has 1 aliphatic rings. The molecule has 30 heavy (non-hydrogen) atoms. The fourth-order valence-corrected chi connectivity index (χ4v) is 3.77. The average Bonchev–Trinajstić information content (AvgIpc) is 3.34. The largest absolute Gasteiger partial charge is 0.481 e. The molecule has 2 amide bonds. The molecule has 1 saturated heterocycles. The Morgan fingerprint density at radius 3 is 2.67 bits per heavy atom. The molecule has 1 aromatic heterocycles. The molecule has 10 nitrogen and oxygen atoms in total. The van der Waals surface area contributed by atoms with Crippen LogP contribution in [0.3, 0.4) is 0 Å². The summed E-state index contributed by atoms with van der Waals surface area (Å²) in [6, 6.07) is 4.10. The smallest absolute Gasteiger partial charge is 0.326 e. The predicted octanol–water partition coefficient (Wildman–Crippen LogP) is 0.0728. The van der Waals surface area contributed by atoms with Gasteiger partial charge in [0.15, 0.2) is 0 Å². The predicted molar refractivity (Wildman–Crippen MR) is 107 cm³/mol. The van der Waals surface area contributed by atoms with Crippen LogP contribution in [0.1, 0.15) is 24.8 Å². The number of carbonyl (C=O) groups excluding carboxylic acids is 2. The second-order valence-electron chi connectivity index (χ2n) is 7.36. The first kappa shape index (κ1) is 21.3.